The molecule has 5 N–H and O–H groups in total. The van der Waals surface area contributed by atoms with E-state index in [1.807, 2.05) is 62.3 Å². The summed E-state index contributed by atoms with van der Waals surface area (Å²) in [4.78, 5) is 30.0. The van der Waals surface area contributed by atoms with Crippen molar-refractivity contribution in [3.8, 4) is 0 Å². The van der Waals surface area contributed by atoms with Gasteiger partial charge in [0.25, 0.3) is 0 Å². The molecule has 0 aliphatic carbocycles. The van der Waals surface area contributed by atoms with Crippen LogP contribution < -0.4 is 10.6 Å². The Hall–Kier alpha value is -2.85. The zero-order valence-corrected chi connectivity index (χ0v) is 39.9. The minimum Gasteiger partial charge on any atom is -0.392 e. The molecule has 64 heavy (non-hydrogen) atoms. The van der Waals surface area contributed by atoms with Gasteiger partial charge in [0.2, 0.25) is 11.8 Å². The minimum absolute atomic E-state index is 0.0139. The number of rotatable bonds is 27. The molecule has 1 aromatic heterocycles. The predicted octanol–water partition coefficient (Wildman–Crippen LogP) is 3.53. The number of unbranched alkanes of at least 4 members (excludes halogenated alkanes) is 1. The Labute approximate surface area is 379 Å². The molecule has 3 aliphatic rings. The normalized spacial score (nSPS) is 32.1. The molecule has 3 aliphatic heterocycles. The topological polar surface area (TPSA) is 236 Å². The van der Waals surface area contributed by atoms with Crippen LogP contribution >= 0.6 is 0 Å². The van der Waals surface area contributed by atoms with Crippen molar-refractivity contribution in [1.82, 2.24) is 25.6 Å². The van der Waals surface area contributed by atoms with Crippen LogP contribution in [0.5, 0.6) is 0 Å². The number of oxime groups is 1. The van der Waals surface area contributed by atoms with Crippen molar-refractivity contribution in [2.75, 3.05) is 19.8 Å². The molecular weight excluding hydrogens is 833 g/mol. The number of aromatic nitrogens is 3. The van der Waals surface area contributed by atoms with Crippen LogP contribution in [0.4, 0.5) is 0 Å². The van der Waals surface area contributed by atoms with E-state index in [1.54, 1.807) is 10.9 Å². The zero-order chi connectivity index (χ0) is 47.0. The fraction of sp³-hybridized carbons (Fsp3) is 0.889. The Balaban J connectivity index is 1.12. The number of nitrogens with zero attached hydrogens (tertiary/aromatic N) is 4. The average Bonchev–Trinajstić information content (AvgIpc) is 3.84. The Morgan fingerprint density at radius 3 is 2.22 bits per heavy atom. The molecule has 3 fully saturated rings. The highest BCUT2D eigenvalue weighted by atomic mass is 16.7. The summed E-state index contributed by atoms with van der Waals surface area (Å²) >= 11 is 0. The lowest BCUT2D eigenvalue weighted by molar-refractivity contribution is -0.330. The van der Waals surface area contributed by atoms with E-state index in [0.29, 0.717) is 64.2 Å². The van der Waals surface area contributed by atoms with E-state index in [0.717, 1.165) is 19.3 Å². The molecule has 15 unspecified atom stereocenters. The molecule has 4 heterocycles. The molecule has 0 bridgehead atoms. The average molecular weight is 913 g/mol. The second kappa shape index (κ2) is 26.5. The lowest BCUT2D eigenvalue weighted by atomic mass is 9.85. The molecule has 0 aromatic carbocycles. The Morgan fingerprint density at radius 1 is 0.891 bits per heavy atom. The van der Waals surface area contributed by atoms with Crippen LogP contribution in [0.3, 0.4) is 0 Å². The van der Waals surface area contributed by atoms with Gasteiger partial charge in [-0.2, -0.15) is 0 Å². The summed E-state index contributed by atoms with van der Waals surface area (Å²) in [6.07, 6.45) is 0.881. The molecule has 2 amide bonds. The van der Waals surface area contributed by atoms with Gasteiger partial charge in [-0.1, -0.05) is 58.3 Å². The number of hydrogen-bond donors (Lipinski definition) is 5. The molecule has 368 valence electrons. The van der Waals surface area contributed by atoms with E-state index in [4.69, 9.17) is 38.0 Å². The lowest BCUT2D eigenvalue weighted by Crippen LogP contribution is -2.55. The molecule has 3 saturated heterocycles. The summed E-state index contributed by atoms with van der Waals surface area (Å²) in [6.45, 7) is 21.0. The maximum absolute atomic E-state index is 12.6. The third-order valence-corrected chi connectivity index (χ3v) is 12.1. The Bertz CT molecular complexity index is 1550. The summed E-state index contributed by atoms with van der Waals surface area (Å²) in [7, 11) is 0. The van der Waals surface area contributed by atoms with E-state index in [-0.39, 0.29) is 54.9 Å². The van der Waals surface area contributed by atoms with Gasteiger partial charge in [0.1, 0.15) is 30.1 Å². The van der Waals surface area contributed by atoms with Crippen molar-refractivity contribution in [3.63, 3.8) is 0 Å². The minimum atomic E-state index is -1.11. The second-order valence-corrected chi connectivity index (χ2v) is 18.5. The van der Waals surface area contributed by atoms with Gasteiger partial charge in [-0.3, -0.25) is 14.3 Å². The standard InChI is InChI=1S/C45H80N6O13/c1-11-15-17-38(53)48-28(6)24-58-45(9,10)26-57-23-27(5)47-39(54)18-16-19-51-22-31(49-50-51)25-59-46-21-37-41(56)42(35(14-4)60-37)64-44-32(52)20-36(34(13-3)62-44)63-43-30(8)40(55)29(7)33(12-2)61-43/h21-22,27-30,32-37,40-44,52,55-56H,11-20,23-26H2,1-10H3,(H,47,54)(H,48,53)/b46-21+. The first kappa shape index (κ1) is 53.8. The van der Waals surface area contributed by atoms with Crippen LogP contribution in [0, 0.1) is 11.8 Å². The summed E-state index contributed by atoms with van der Waals surface area (Å²) in [6, 6.07) is -0.298. The Kier molecular flexibility index (Phi) is 22.2. The molecule has 0 saturated carbocycles. The van der Waals surface area contributed by atoms with Crippen LogP contribution in [0.15, 0.2) is 11.4 Å². The molecule has 19 heteroatoms. The summed E-state index contributed by atoms with van der Waals surface area (Å²) in [5, 5.41) is 51.4. The first-order valence-corrected chi connectivity index (χ1v) is 23.6. The van der Waals surface area contributed by atoms with Crippen molar-refractivity contribution < 1.29 is 62.9 Å². The van der Waals surface area contributed by atoms with Crippen LogP contribution in [0.2, 0.25) is 0 Å². The summed E-state index contributed by atoms with van der Waals surface area (Å²) in [5.74, 6) is -0.330. The number of aliphatic hydroxyl groups excluding tert-OH is 3. The van der Waals surface area contributed by atoms with E-state index >= 15 is 0 Å². The van der Waals surface area contributed by atoms with Gasteiger partial charge >= 0.3 is 0 Å². The van der Waals surface area contributed by atoms with Crippen LogP contribution in [-0.4, -0.2) is 153 Å². The van der Waals surface area contributed by atoms with E-state index in [1.165, 1.54) is 6.21 Å². The molecule has 19 nitrogen and oxygen atoms in total. The van der Waals surface area contributed by atoms with E-state index in [2.05, 4.69) is 33.0 Å². The van der Waals surface area contributed by atoms with Gasteiger partial charge in [0, 0.05) is 49.7 Å². The Morgan fingerprint density at radius 2 is 1.55 bits per heavy atom. The van der Waals surface area contributed by atoms with Gasteiger partial charge in [-0.15, -0.1) is 5.10 Å². The number of amides is 2. The van der Waals surface area contributed by atoms with Gasteiger partial charge in [0.15, 0.2) is 19.2 Å². The lowest BCUT2D eigenvalue weighted by Gasteiger charge is -2.46. The van der Waals surface area contributed by atoms with Gasteiger partial charge in [-0.05, 0) is 59.8 Å². The van der Waals surface area contributed by atoms with Crippen LogP contribution in [0.25, 0.3) is 0 Å². The second-order valence-electron chi connectivity index (χ2n) is 18.5. The molecular formula is C45H80N6O13. The predicted molar refractivity (Wildman–Crippen MR) is 236 cm³/mol. The summed E-state index contributed by atoms with van der Waals surface area (Å²) < 4.78 is 44.6. The SMILES string of the molecule is CCCCC(=O)NC(C)COC(C)(C)COCC(C)NC(=O)CCCn1cc(CO/N=C/C2OC(CC)C(OC3OC(CC)C(OC4OC(CC)C(C)C(O)C4C)CC3O)C2O)nn1. The van der Waals surface area contributed by atoms with Crippen molar-refractivity contribution in [1.29, 1.82) is 0 Å². The number of nitrogens with one attached hydrogen (secondary N) is 2. The smallest absolute Gasteiger partial charge is 0.220 e. The van der Waals surface area contributed by atoms with Gasteiger partial charge in [0.05, 0.1) is 68.4 Å². The van der Waals surface area contributed by atoms with Crippen LogP contribution in [0.1, 0.15) is 133 Å². The zero-order valence-electron chi connectivity index (χ0n) is 39.9. The van der Waals surface area contributed by atoms with Gasteiger partial charge in [-0.25, -0.2) is 0 Å². The molecule has 4 rings (SSSR count). The number of carbonyl (C=O) groups excluding carboxylic acids is 2. The van der Waals surface area contributed by atoms with Crippen LogP contribution in [-0.2, 0) is 60.7 Å². The van der Waals surface area contributed by atoms with Crippen molar-refractivity contribution in [2.24, 2.45) is 17.0 Å². The first-order valence-electron chi connectivity index (χ1n) is 23.6. The number of aliphatic hydroxyl groups is 3. The molecule has 1 aromatic rings. The third-order valence-electron chi connectivity index (χ3n) is 12.1. The fourth-order valence-electron chi connectivity index (χ4n) is 8.20. The summed E-state index contributed by atoms with van der Waals surface area (Å²) in [5.41, 5.74) is -0.0267. The van der Waals surface area contributed by atoms with Crippen molar-refractivity contribution in [3.05, 3.63) is 11.9 Å². The quantitative estimate of drug-likeness (QED) is 0.0628. The van der Waals surface area contributed by atoms with Crippen molar-refractivity contribution >= 4 is 18.0 Å². The number of carbonyl (C=O) groups is 2. The third kappa shape index (κ3) is 16.5. The number of hydrogen-bond acceptors (Lipinski definition) is 16. The van der Waals surface area contributed by atoms with E-state index < -0.39 is 67.0 Å². The molecule has 0 spiro atoms. The maximum Gasteiger partial charge on any atom is 0.220 e. The highest BCUT2D eigenvalue weighted by Crippen LogP contribution is 2.36. The van der Waals surface area contributed by atoms with E-state index in [9.17, 15) is 24.9 Å². The highest BCUT2D eigenvalue weighted by molar-refractivity contribution is 5.76. The molecule has 0 radical (unpaired) electrons. The number of aryl methyl sites for hydroxylation is 1. The highest BCUT2D eigenvalue weighted by Gasteiger charge is 2.49. The maximum atomic E-state index is 12.6. The largest absolute Gasteiger partial charge is 0.392 e. The van der Waals surface area contributed by atoms with Crippen molar-refractivity contribution in [2.45, 2.75) is 225 Å². The van der Waals surface area contributed by atoms with Gasteiger partial charge < -0.3 is 63.9 Å². The monoisotopic (exact) mass is 913 g/mol. The number of ether oxygens (including phenoxy) is 7. The fourth-order valence-corrected chi connectivity index (χ4v) is 8.20. The first-order chi connectivity index (χ1) is 30.5. The molecule has 15 atom stereocenters.